The highest BCUT2D eigenvalue weighted by Gasteiger charge is 2.25. The summed E-state index contributed by atoms with van der Waals surface area (Å²) in [5.74, 6) is -1.01. The van der Waals surface area contributed by atoms with Crippen LogP contribution in [0.15, 0.2) is 12.2 Å². The first kappa shape index (κ1) is 16.4. The number of carbonyl (C=O) groups is 3. The van der Waals surface area contributed by atoms with Crippen LogP contribution in [0.25, 0.3) is 0 Å². The van der Waals surface area contributed by atoms with Crippen LogP contribution in [0.1, 0.15) is 34.1 Å². The van der Waals surface area contributed by atoms with Crippen LogP contribution in [-0.4, -0.2) is 41.8 Å². The van der Waals surface area contributed by atoms with Gasteiger partial charge in [0.15, 0.2) is 0 Å². The predicted octanol–water partition coefficient (Wildman–Crippen LogP) is 1.32. The second-order valence-corrected chi connectivity index (χ2v) is 5.05. The Hall–Kier alpha value is -1.65. The lowest BCUT2D eigenvalue weighted by Gasteiger charge is -2.34. The van der Waals surface area contributed by atoms with Gasteiger partial charge in [-0.1, -0.05) is 6.58 Å². The second kappa shape index (κ2) is 6.93. The third kappa shape index (κ3) is 5.61. The summed E-state index contributed by atoms with van der Waals surface area (Å²) < 4.78 is 4.92. The molecule has 0 aliphatic rings. The minimum Gasteiger partial charge on any atom is -0.462 e. The summed E-state index contributed by atoms with van der Waals surface area (Å²) in [4.78, 5) is 34.5. The lowest BCUT2D eigenvalue weighted by Crippen LogP contribution is -2.47. The highest BCUT2D eigenvalue weighted by atomic mass is 16.5. The lowest BCUT2D eigenvalue weighted by molar-refractivity contribution is -0.143. The third-order valence-corrected chi connectivity index (χ3v) is 2.28. The van der Waals surface area contributed by atoms with E-state index >= 15 is 0 Å². The number of carbonyl (C=O) groups excluding carboxylic acids is 3. The highest BCUT2D eigenvalue weighted by molar-refractivity contribution is 6.23. The van der Waals surface area contributed by atoms with Crippen LogP contribution >= 0.6 is 0 Å². The topological polar surface area (TPSA) is 63.7 Å². The van der Waals surface area contributed by atoms with Crippen LogP contribution in [0.5, 0.6) is 0 Å². The average Bonchev–Trinajstić information content (AvgIpc) is 2.25. The fourth-order valence-electron chi connectivity index (χ4n) is 1.35. The van der Waals surface area contributed by atoms with Gasteiger partial charge >= 0.3 is 5.97 Å². The molecule has 0 heterocycles. The molecule has 0 aromatic rings. The number of rotatable bonds is 6. The van der Waals surface area contributed by atoms with Crippen LogP contribution in [0, 0.1) is 0 Å². The van der Waals surface area contributed by atoms with Crippen molar-refractivity contribution in [2.75, 3.05) is 13.2 Å². The summed E-state index contributed by atoms with van der Waals surface area (Å²) in [5, 5.41) is 0. The largest absolute Gasteiger partial charge is 0.462 e. The van der Waals surface area contributed by atoms with Gasteiger partial charge in [-0.25, -0.2) is 4.79 Å². The minimum absolute atomic E-state index is 0.199. The second-order valence-electron chi connectivity index (χ2n) is 5.05. The van der Waals surface area contributed by atoms with Gasteiger partial charge in [-0.15, -0.1) is 0 Å². The minimum atomic E-state index is -0.561. The maximum atomic E-state index is 11.4. The van der Waals surface area contributed by atoms with Crippen LogP contribution in [-0.2, 0) is 19.1 Å². The van der Waals surface area contributed by atoms with E-state index in [4.69, 9.17) is 4.74 Å². The molecule has 0 radical (unpaired) electrons. The molecule has 0 aliphatic heterocycles. The van der Waals surface area contributed by atoms with Gasteiger partial charge < -0.3 is 9.64 Å². The summed E-state index contributed by atoms with van der Waals surface area (Å²) in [6, 6.07) is 0. The Kier molecular flexibility index (Phi) is 6.30. The van der Waals surface area contributed by atoms with E-state index in [1.165, 1.54) is 4.90 Å². The molecule has 0 aromatic carbocycles. The zero-order valence-corrected chi connectivity index (χ0v) is 11.5. The highest BCUT2D eigenvalue weighted by Crippen LogP contribution is 2.13. The molecule has 0 rings (SSSR count). The van der Waals surface area contributed by atoms with Gasteiger partial charge in [0.2, 0.25) is 6.29 Å². The number of hydrogen-bond donors (Lipinski definition) is 0. The molecule has 5 heteroatoms. The molecular weight excluding hydrogens is 234 g/mol. The van der Waals surface area contributed by atoms with Gasteiger partial charge in [0, 0.05) is 17.7 Å². The third-order valence-electron chi connectivity index (χ3n) is 2.28. The Labute approximate surface area is 108 Å². The fraction of sp³-hybridized carbons (Fsp3) is 0.615. The van der Waals surface area contributed by atoms with Gasteiger partial charge in [0.1, 0.15) is 0 Å². The molecule has 1 amide bonds. The first-order valence-electron chi connectivity index (χ1n) is 5.79. The predicted molar refractivity (Wildman–Crippen MR) is 67.9 cm³/mol. The summed E-state index contributed by atoms with van der Waals surface area (Å²) in [7, 11) is 0. The molecule has 0 aromatic heterocycles. The molecule has 102 valence electrons. The van der Waals surface area contributed by atoms with E-state index in [2.05, 4.69) is 6.58 Å². The molecule has 0 bridgehead atoms. The Morgan fingerprint density at radius 3 is 2.28 bits per heavy atom. The zero-order valence-electron chi connectivity index (χ0n) is 11.5. The van der Waals surface area contributed by atoms with E-state index in [-0.39, 0.29) is 6.61 Å². The van der Waals surface area contributed by atoms with Crippen molar-refractivity contribution in [3.05, 3.63) is 12.2 Å². The van der Waals surface area contributed by atoms with Crippen molar-refractivity contribution in [3.63, 3.8) is 0 Å². The summed E-state index contributed by atoms with van der Waals surface area (Å²) >= 11 is 0. The van der Waals surface area contributed by atoms with Crippen LogP contribution in [0.4, 0.5) is 0 Å². The summed E-state index contributed by atoms with van der Waals surface area (Å²) in [6.07, 6.45) is 0.779. The van der Waals surface area contributed by atoms with Gasteiger partial charge in [-0.05, 0) is 34.1 Å². The normalized spacial score (nSPS) is 10.7. The van der Waals surface area contributed by atoms with Gasteiger partial charge in [0.25, 0.3) is 5.91 Å². The summed E-state index contributed by atoms with van der Waals surface area (Å²) in [6.45, 7) is 11.1. The van der Waals surface area contributed by atoms with Gasteiger partial charge in [0.05, 0.1) is 6.61 Å². The molecule has 0 spiro atoms. The van der Waals surface area contributed by atoms with Gasteiger partial charge in [-0.2, -0.15) is 0 Å². The molecule has 0 saturated heterocycles. The lowest BCUT2D eigenvalue weighted by atomic mass is 10.1. The molecular formula is C13H21NO4. The number of nitrogens with zero attached hydrogens (tertiary/aromatic N) is 1. The Morgan fingerprint density at radius 2 is 1.89 bits per heavy atom. The Morgan fingerprint density at radius 1 is 1.33 bits per heavy atom. The zero-order chi connectivity index (χ0) is 14.3. The summed E-state index contributed by atoms with van der Waals surface area (Å²) in [5.41, 5.74) is -0.0947. The Balaban J connectivity index is 4.22. The van der Waals surface area contributed by atoms with E-state index in [9.17, 15) is 14.4 Å². The molecule has 0 unspecified atom stereocenters. The maximum absolute atomic E-state index is 11.4. The number of hydrogen-bond acceptors (Lipinski definition) is 4. The first-order valence-corrected chi connectivity index (χ1v) is 5.79. The SMILES string of the molecule is C=C(C)C(=O)OCCCN(C(=O)C=O)C(C)(C)C. The van der Waals surface area contributed by atoms with E-state index in [0.717, 1.165) is 0 Å². The van der Waals surface area contributed by atoms with Gasteiger partial charge in [-0.3, -0.25) is 9.59 Å². The molecule has 0 fully saturated rings. The van der Waals surface area contributed by atoms with Crippen LogP contribution in [0.2, 0.25) is 0 Å². The van der Waals surface area contributed by atoms with E-state index < -0.39 is 17.4 Å². The van der Waals surface area contributed by atoms with Crippen molar-refractivity contribution in [3.8, 4) is 0 Å². The van der Waals surface area contributed by atoms with Crippen molar-refractivity contribution in [2.24, 2.45) is 0 Å². The van der Waals surface area contributed by atoms with Crippen molar-refractivity contribution in [1.82, 2.24) is 4.90 Å². The van der Waals surface area contributed by atoms with E-state index in [1.54, 1.807) is 6.92 Å². The van der Waals surface area contributed by atoms with Crippen LogP contribution < -0.4 is 0 Å². The van der Waals surface area contributed by atoms with Crippen molar-refractivity contribution in [1.29, 1.82) is 0 Å². The molecule has 0 saturated carbocycles. The standard InChI is InChI=1S/C13H21NO4/c1-10(2)12(17)18-8-6-7-14(11(16)9-15)13(3,4)5/h9H,1,6-8H2,2-5H3. The molecule has 0 atom stereocenters. The monoisotopic (exact) mass is 255 g/mol. The molecule has 0 N–H and O–H groups in total. The fourth-order valence-corrected chi connectivity index (χ4v) is 1.35. The quantitative estimate of drug-likeness (QED) is 0.236. The van der Waals surface area contributed by atoms with Crippen molar-refractivity contribution in [2.45, 2.75) is 39.7 Å². The maximum Gasteiger partial charge on any atom is 0.333 e. The average molecular weight is 255 g/mol. The molecule has 18 heavy (non-hydrogen) atoms. The number of ether oxygens (including phenoxy) is 1. The molecule has 5 nitrogen and oxygen atoms in total. The first-order chi connectivity index (χ1) is 8.20. The van der Waals surface area contributed by atoms with Crippen molar-refractivity contribution >= 4 is 18.2 Å². The van der Waals surface area contributed by atoms with Crippen molar-refractivity contribution < 1.29 is 19.1 Å². The van der Waals surface area contributed by atoms with E-state index in [0.29, 0.717) is 24.8 Å². The number of esters is 1. The Bertz CT molecular complexity index is 341. The molecule has 0 aliphatic carbocycles. The number of amides is 1. The number of aldehydes is 1. The smallest absolute Gasteiger partial charge is 0.333 e. The van der Waals surface area contributed by atoms with Crippen LogP contribution in [0.3, 0.4) is 0 Å². The van der Waals surface area contributed by atoms with E-state index in [1.807, 2.05) is 20.8 Å².